The molecule has 2 rings (SSSR count). The molecule has 1 aromatic carbocycles. The first-order valence-corrected chi connectivity index (χ1v) is 7.91. The molecule has 22 heavy (non-hydrogen) atoms. The van der Waals surface area contributed by atoms with Crippen molar-refractivity contribution >= 4 is 29.9 Å². The van der Waals surface area contributed by atoms with Gasteiger partial charge in [0.25, 0.3) is 0 Å². The fraction of sp³-hybridized carbons (Fsp3) is 0.562. The SMILES string of the molecule is Cl.NCC1(NC(=O)CCCOc2ccccc2Cl)CCCC1. The van der Waals surface area contributed by atoms with Crippen LogP contribution in [0.1, 0.15) is 38.5 Å². The number of nitrogens with one attached hydrogen (secondary N) is 1. The molecule has 0 aliphatic heterocycles. The molecule has 3 N–H and O–H groups in total. The summed E-state index contributed by atoms with van der Waals surface area (Å²) >= 11 is 6.00. The Kier molecular flexibility index (Phi) is 8.01. The number of halogens is 2. The third-order valence-corrected chi connectivity index (χ3v) is 4.31. The molecule has 0 unspecified atom stereocenters. The summed E-state index contributed by atoms with van der Waals surface area (Å²) in [7, 11) is 0. The highest BCUT2D eigenvalue weighted by Gasteiger charge is 2.33. The standard InChI is InChI=1S/C16H23ClN2O2.ClH/c17-13-6-1-2-7-14(13)21-11-5-8-15(20)19-16(12-18)9-3-4-10-16;/h1-2,6-7H,3-5,8-12,18H2,(H,19,20);1H. The highest BCUT2D eigenvalue weighted by molar-refractivity contribution is 6.32. The van der Waals surface area contributed by atoms with E-state index in [9.17, 15) is 4.79 Å². The molecule has 1 amide bonds. The molecular weight excluding hydrogens is 323 g/mol. The van der Waals surface area contributed by atoms with Gasteiger partial charge in [0.2, 0.25) is 5.91 Å². The average molecular weight is 347 g/mol. The largest absolute Gasteiger partial charge is 0.492 e. The van der Waals surface area contributed by atoms with Crippen molar-refractivity contribution in [2.45, 2.75) is 44.1 Å². The molecule has 0 saturated heterocycles. The predicted molar refractivity (Wildman–Crippen MR) is 91.8 cm³/mol. The monoisotopic (exact) mass is 346 g/mol. The third kappa shape index (κ3) is 5.34. The van der Waals surface area contributed by atoms with E-state index in [1.54, 1.807) is 6.07 Å². The summed E-state index contributed by atoms with van der Waals surface area (Å²) in [4.78, 5) is 12.0. The van der Waals surface area contributed by atoms with E-state index >= 15 is 0 Å². The summed E-state index contributed by atoms with van der Waals surface area (Å²) in [5, 5.41) is 3.70. The van der Waals surface area contributed by atoms with Gasteiger partial charge in [-0.25, -0.2) is 0 Å². The molecule has 0 aromatic heterocycles. The van der Waals surface area contributed by atoms with Gasteiger partial charge >= 0.3 is 0 Å². The van der Waals surface area contributed by atoms with Crippen molar-refractivity contribution in [1.29, 1.82) is 0 Å². The molecule has 1 aliphatic carbocycles. The molecule has 1 fully saturated rings. The van der Waals surface area contributed by atoms with Crippen LogP contribution in [0, 0.1) is 0 Å². The number of ether oxygens (including phenoxy) is 1. The fourth-order valence-corrected chi connectivity index (χ4v) is 2.96. The molecule has 6 heteroatoms. The van der Waals surface area contributed by atoms with Crippen molar-refractivity contribution in [2.75, 3.05) is 13.2 Å². The van der Waals surface area contributed by atoms with E-state index in [-0.39, 0.29) is 23.9 Å². The molecule has 0 spiro atoms. The van der Waals surface area contributed by atoms with Crippen LogP contribution in [0.5, 0.6) is 5.75 Å². The van der Waals surface area contributed by atoms with Gasteiger partial charge in [0.05, 0.1) is 17.2 Å². The second-order valence-corrected chi connectivity index (χ2v) is 6.03. The van der Waals surface area contributed by atoms with E-state index in [2.05, 4.69) is 5.32 Å². The smallest absolute Gasteiger partial charge is 0.220 e. The van der Waals surface area contributed by atoms with Crippen LogP contribution in [0.3, 0.4) is 0 Å². The van der Waals surface area contributed by atoms with Crippen LogP contribution in [-0.4, -0.2) is 24.6 Å². The van der Waals surface area contributed by atoms with Crippen LogP contribution in [0.25, 0.3) is 0 Å². The van der Waals surface area contributed by atoms with E-state index in [0.717, 1.165) is 25.7 Å². The zero-order chi connectivity index (χ0) is 15.1. The average Bonchev–Trinajstić information content (AvgIpc) is 2.94. The topological polar surface area (TPSA) is 64.3 Å². The quantitative estimate of drug-likeness (QED) is 0.744. The Morgan fingerprint density at radius 3 is 2.64 bits per heavy atom. The number of hydrogen-bond donors (Lipinski definition) is 2. The molecule has 4 nitrogen and oxygen atoms in total. The van der Waals surface area contributed by atoms with E-state index in [0.29, 0.717) is 36.8 Å². The summed E-state index contributed by atoms with van der Waals surface area (Å²) in [6.07, 6.45) is 5.39. The molecule has 1 aliphatic rings. The number of carbonyl (C=O) groups excluding carboxylic acids is 1. The van der Waals surface area contributed by atoms with Crippen LogP contribution in [-0.2, 0) is 4.79 Å². The van der Waals surface area contributed by atoms with Crippen molar-refractivity contribution < 1.29 is 9.53 Å². The maximum Gasteiger partial charge on any atom is 0.220 e. The minimum absolute atomic E-state index is 0. The van der Waals surface area contributed by atoms with Crippen molar-refractivity contribution in [2.24, 2.45) is 5.73 Å². The fourth-order valence-electron chi connectivity index (χ4n) is 2.77. The summed E-state index contributed by atoms with van der Waals surface area (Å²) in [6.45, 7) is 1.00. The van der Waals surface area contributed by atoms with Crippen molar-refractivity contribution in [3.8, 4) is 5.75 Å². The first kappa shape index (κ1) is 19.1. The van der Waals surface area contributed by atoms with Gasteiger partial charge < -0.3 is 15.8 Å². The Hall–Kier alpha value is -0.970. The molecule has 0 heterocycles. The third-order valence-electron chi connectivity index (χ3n) is 4.00. The molecule has 1 saturated carbocycles. The lowest BCUT2D eigenvalue weighted by molar-refractivity contribution is -0.123. The van der Waals surface area contributed by atoms with Gasteiger partial charge in [0, 0.05) is 13.0 Å². The molecular formula is C16H24Cl2N2O2. The predicted octanol–water partition coefficient (Wildman–Crippen LogP) is 3.31. The number of benzene rings is 1. The number of nitrogens with two attached hydrogens (primary N) is 1. The number of rotatable bonds is 7. The van der Waals surface area contributed by atoms with Gasteiger partial charge in [-0.15, -0.1) is 12.4 Å². The first-order chi connectivity index (χ1) is 10.2. The zero-order valence-corrected chi connectivity index (χ0v) is 14.2. The minimum atomic E-state index is -0.166. The van der Waals surface area contributed by atoms with Gasteiger partial charge in [-0.05, 0) is 31.4 Å². The lowest BCUT2D eigenvalue weighted by atomic mass is 9.97. The second kappa shape index (κ2) is 9.23. The maximum absolute atomic E-state index is 12.0. The number of para-hydroxylation sites is 1. The van der Waals surface area contributed by atoms with E-state index in [4.69, 9.17) is 22.1 Å². The Morgan fingerprint density at radius 2 is 2.00 bits per heavy atom. The summed E-state index contributed by atoms with van der Waals surface area (Å²) in [5.41, 5.74) is 5.64. The Bertz CT molecular complexity index is 477. The van der Waals surface area contributed by atoms with Gasteiger partial charge in [0.1, 0.15) is 5.75 Å². The van der Waals surface area contributed by atoms with Gasteiger partial charge in [-0.2, -0.15) is 0 Å². The number of carbonyl (C=O) groups is 1. The highest BCUT2D eigenvalue weighted by Crippen LogP contribution is 2.28. The first-order valence-electron chi connectivity index (χ1n) is 7.54. The van der Waals surface area contributed by atoms with Crippen LogP contribution >= 0.6 is 24.0 Å². The zero-order valence-electron chi connectivity index (χ0n) is 12.6. The maximum atomic E-state index is 12.0. The number of amides is 1. The van der Waals surface area contributed by atoms with E-state index in [1.807, 2.05) is 18.2 Å². The van der Waals surface area contributed by atoms with Crippen molar-refractivity contribution in [3.05, 3.63) is 29.3 Å². The van der Waals surface area contributed by atoms with Crippen LogP contribution in [0.15, 0.2) is 24.3 Å². The molecule has 1 aromatic rings. The Labute approximate surface area is 143 Å². The lowest BCUT2D eigenvalue weighted by Gasteiger charge is -2.28. The molecule has 0 atom stereocenters. The van der Waals surface area contributed by atoms with Crippen LogP contribution in [0.4, 0.5) is 0 Å². The highest BCUT2D eigenvalue weighted by atomic mass is 35.5. The van der Waals surface area contributed by atoms with Gasteiger partial charge in [-0.3, -0.25) is 4.79 Å². The summed E-state index contributed by atoms with van der Waals surface area (Å²) in [5.74, 6) is 0.721. The van der Waals surface area contributed by atoms with Crippen molar-refractivity contribution in [1.82, 2.24) is 5.32 Å². The minimum Gasteiger partial charge on any atom is -0.492 e. The van der Waals surface area contributed by atoms with E-state index < -0.39 is 0 Å². The summed E-state index contributed by atoms with van der Waals surface area (Å²) in [6, 6.07) is 7.34. The normalized spacial score (nSPS) is 15.9. The molecule has 0 bridgehead atoms. The van der Waals surface area contributed by atoms with Gasteiger partial charge in [0.15, 0.2) is 0 Å². The second-order valence-electron chi connectivity index (χ2n) is 5.62. The number of hydrogen-bond acceptors (Lipinski definition) is 3. The van der Waals surface area contributed by atoms with Gasteiger partial charge in [-0.1, -0.05) is 36.6 Å². The summed E-state index contributed by atoms with van der Waals surface area (Å²) < 4.78 is 5.57. The van der Waals surface area contributed by atoms with Crippen LogP contribution < -0.4 is 15.8 Å². The molecule has 124 valence electrons. The van der Waals surface area contributed by atoms with Crippen molar-refractivity contribution in [3.63, 3.8) is 0 Å². The lowest BCUT2D eigenvalue weighted by Crippen LogP contribution is -2.51. The van der Waals surface area contributed by atoms with E-state index in [1.165, 1.54) is 0 Å². The Balaban J connectivity index is 0.00000242. The van der Waals surface area contributed by atoms with Crippen LogP contribution in [0.2, 0.25) is 5.02 Å². The Morgan fingerprint density at radius 1 is 1.32 bits per heavy atom. The molecule has 0 radical (unpaired) electrons.